The van der Waals surface area contributed by atoms with Gasteiger partial charge < -0.3 is 20.4 Å². The molecule has 0 saturated heterocycles. The first-order chi connectivity index (χ1) is 21.2. The van der Waals surface area contributed by atoms with Crippen LogP contribution in [0.5, 0.6) is 0 Å². The maximum atomic E-state index is 12.1. The number of rotatable bonds is 34. The zero-order valence-corrected chi connectivity index (χ0v) is 29.4. The monoisotopic (exact) mass is 627 g/mol. The number of aliphatic hydroxyl groups is 2. The topological polar surface area (TPSA) is 115 Å². The Bertz CT molecular complexity index is 626. The zero-order valence-electron chi connectivity index (χ0n) is 29.4. The van der Waals surface area contributed by atoms with Crippen molar-refractivity contribution >= 4 is 11.9 Å². The number of aliphatic carboxylic acids is 2. The fourth-order valence-electron chi connectivity index (χ4n) is 6.59. The van der Waals surface area contributed by atoms with Crippen LogP contribution in [0, 0.1) is 5.92 Å². The van der Waals surface area contributed by atoms with E-state index in [9.17, 15) is 30.0 Å². The largest absolute Gasteiger partial charge is 0.479 e. The van der Waals surface area contributed by atoms with Crippen LogP contribution in [0.15, 0.2) is 0 Å². The van der Waals surface area contributed by atoms with E-state index >= 15 is 0 Å². The van der Waals surface area contributed by atoms with Crippen molar-refractivity contribution in [1.29, 1.82) is 0 Å². The second-order valence-electron chi connectivity index (χ2n) is 13.9. The molecule has 0 heterocycles. The highest BCUT2D eigenvalue weighted by Crippen LogP contribution is 2.37. The molecule has 0 radical (unpaired) electrons. The summed E-state index contributed by atoms with van der Waals surface area (Å²) in [5, 5.41) is 42.0. The van der Waals surface area contributed by atoms with E-state index in [0.29, 0.717) is 12.8 Å². The summed E-state index contributed by atoms with van der Waals surface area (Å²) >= 11 is 0. The van der Waals surface area contributed by atoms with Crippen molar-refractivity contribution in [2.75, 3.05) is 0 Å². The Labute approximate surface area is 272 Å². The van der Waals surface area contributed by atoms with Gasteiger partial charge in [-0.15, -0.1) is 0 Å². The Kier molecular flexibility index (Phi) is 27.4. The summed E-state index contributed by atoms with van der Waals surface area (Å²) in [5.74, 6) is -4.20. The fourth-order valence-corrected chi connectivity index (χ4v) is 6.59. The van der Waals surface area contributed by atoms with Crippen molar-refractivity contribution in [3.05, 3.63) is 0 Å². The highest BCUT2D eigenvalue weighted by atomic mass is 16.4. The number of hydrogen-bond acceptors (Lipinski definition) is 4. The van der Waals surface area contributed by atoms with Crippen LogP contribution >= 0.6 is 0 Å². The second-order valence-corrected chi connectivity index (χ2v) is 13.9. The van der Waals surface area contributed by atoms with Gasteiger partial charge in [-0.05, 0) is 25.7 Å². The van der Waals surface area contributed by atoms with E-state index in [1.165, 1.54) is 135 Å². The van der Waals surface area contributed by atoms with Gasteiger partial charge >= 0.3 is 11.9 Å². The highest BCUT2D eigenvalue weighted by Gasteiger charge is 2.54. The molecule has 4 N–H and O–H groups in total. The quantitative estimate of drug-likeness (QED) is 0.0528. The minimum atomic E-state index is -2.26. The Balaban J connectivity index is 4.25. The molecule has 0 rings (SSSR count). The van der Waals surface area contributed by atoms with Crippen molar-refractivity contribution in [3.63, 3.8) is 0 Å². The molecular weight excluding hydrogens is 552 g/mol. The SMILES string of the molecule is CCCCCCCCCCCCCCCCC(O)(C(=O)O)C(C)C(O)(CCCCCCCCCCCCCCCC)C(=O)O. The third-order valence-corrected chi connectivity index (χ3v) is 10.00. The molecule has 0 aromatic heterocycles. The Morgan fingerprint density at radius 1 is 0.409 bits per heavy atom. The molecule has 0 amide bonds. The lowest BCUT2D eigenvalue weighted by atomic mass is 9.71. The average Bonchev–Trinajstić information content (AvgIpc) is 3.00. The highest BCUT2D eigenvalue weighted by molar-refractivity contribution is 5.82. The third-order valence-electron chi connectivity index (χ3n) is 10.00. The van der Waals surface area contributed by atoms with Gasteiger partial charge in [0.15, 0.2) is 11.2 Å². The van der Waals surface area contributed by atoms with E-state index in [1.54, 1.807) is 0 Å². The van der Waals surface area contributed by atoms with Crippen LogP contribution in [0.25, 0.3) is 0 Å². The van der Waals surface area contributed by atoms with E-state index in [0.717, 1.165) is 38.5 Å². The van der Waals surface area contributed by atoms with E-state index in [4.69, 9.17) is 0 Å². The van der Waals surface area contributed by atoms with Crippen molar-refractivity contribution in [2.45, 2.75) is 225 Å². The lowest BCUT2D eigenvalue weighted by Gasteiger charge is -2.39. The van der Waals surface area contributed by atoms with Crippen molar-refractivity contribution in [1.82, 2.24) is 0 Å². The fraction of sp³-hybridized carbons (Fsp3) is 0.947. The number of carbonyl (C=O) groups is 2. The number of unbranched alkanes of at least 4 members (excludes halogenated alkanes) is 26. The van der Waals surface area contributed by atoms with Gasteiger partial charge in [-0.25, -0.2) is 9.59 Å². The van der Waals surface area contributed by atoms with Crippen molar-refractivity contribution < 1.29 is 30.0 Å². The van der Waals surface area contributed by atoms with Crippen LogP contribution in [0.3, 0.4) is 0 Å². The first kappa shape index (κ1) is 42.9. The van der Waals surface area contributed by atoms with E-state index in [2.05, 4.69) is 13.8 Å². The van der Waals surface area contributed by atoms with Gasteiger partial charge in [-0.1, -0.05) is 188 Å². The van der Waals surface area contributed by atoms with Crippen LogP contribution in [-0.4, -0.2) is 43.6 Å². The van der Waals surface area contributed by atoms with E-state index < -0.39 is 29.1 Å². The Morgan fingerprint density at radius 3 is 0.773 bits per heavy atom. The van der Waals surface area contributed by atoms with Crippen LogP contribution in [0.2, 0.25) is 0 Å². The maximum absolute atomic E-state index is 12.1. The maximum Gasteiger partial charge on any atom is 0.336 e. The molecule has 0 aromatic rings. The average molecular weight is 627 g/mol. The van der Waals surface area contributed by atoms with E-state index in [1.807, 2.05) is 0 Å². The van der Waals surface area contributed by atoms with Gasteiger partial charge in [0.25, 0.3) is 0 Å². The van der Waals surface area contributed by atoms with Crippen LogP contribution in [0.4, 0.5) is 0 Å². The molecule has 0 bridgehead atoms. The molecule has 2 unspecified atom stereocenters. The molecule has 2 atom stereocenters. The lowest BCUT2D eigenvalue weighted by Crippen LogP contribution is -2.58. The van der Waals surface area contributed by atoms with Gasteiger partial charge in [-0.3, -0.25) is 0 Å². The van der Waals surface area contributed by atoms with Gasteiger partial charge in [0, 0.05) is 5.92 Å². The minimum absolute atomic E-state index is 0.0458. The molecule has 262 valence electrons. The third kappa shape index (κ3) is 20.1. The first-order valence-electron chi connectivity index (χ1n) is 19.1. The van der Waals surface area contributed by atoms with Crippen molar-refractivity contribution in [3.8, 4) is 0 Å². The lowest BCUT2D eigenvalue weighted by molar-refractivity contribution is -0.193. The molecule has 0 aromatic carbocycles. The van der Waals surface area contributed by atoms with Crippen LogP contribution in [0.1, 0.15) is 213 Å². The summed E-state index contributed by atoms with van der Waals surface area (Å²) in [6.07, 6.45) is 32.7. The number of carboxylic acids is 2. The smallest absolute Gasteiger partial charge is 0.336 e. The number of hydrogen-bond donors (Lipinski definition) is 4. The second kappa shape index (κ2) is 28.1. The molecule has 6 heteroatoms. The number of carboxylic acid groups (broad SMARTS) is 2. The summed E-state index contributed by atoms with van der Waals surface area (Å²) in [7, 11) is 0. The molecule has 0 aliphatic carbocycles. The van der Waals surface area contributed by atoms with E-state index in [-0.39, 0.29) is 12.8 Å². The minimum Gasteiger partial charge on any atom is -0.479 e. The molecule has 0 aliphatic heterocycles. The summed E-state index contributed by atoms with van der Waals surface area (Å²) in [4.78, 5) is 24.3. The summed E-state index contributed by atoms with van der Waals surface area (Å²) in [6, 6.07) is 0. The standard InChI is InChI=1S/C38H74O6/c1-4-6-8-10-12-14-16-18-20-22-24-26-28-30-32-37(43,35(39)40)34(3)38(44,36(41)42)33-31-29-27-25-23-21-19-17-15-13-11-9-7-5-2/h34,43-44H,4-33H2,1-3H3,(H,39,40)(H,41,42). The predicted molar refractivity (Wildman–Crippen MR) is 184 cm³/mol. The van der Waals surface area contributed by atoms with Crippen LogP contribution in [-0.2, 0) is 9.59 Å². The molecular formula is C38H74O6. The molecule has 0 fully saturated rings. The predicted octanol–water partition coefficient (Wildman–Crippen LogP) is 11.0. The first-order valence-corrected chi connectivity index (χ1v) is 19.1. The Morgan fingerprint density at radius 2 is 0.591 bits per heavy atom. The normalized spacial score (nSPS) is 15.1. The summed E-state index contributed by atoms with van der Waals surface area (Å²) in [6.45, 7) is 5.87. The van der Waals surface area contributed by atoms with Crippen molar-refractivity contribution in [2.24, 2.45) is 5.92 Å². The molecule has 0 aliphatic rings. The van der Waals surface area contributed by atoms with Crippen LogP contribution < -0.4 is 0 Å². The summed E-state index contributed by atoms with van der Waals surface area (Å²) < 4.78 is 0. The Hall–Kier alpha value is -1.14. The molecule has 44 heavy (non-hydrogen) atoms. The summed E-state index contributed by atoms with van der Waals surface area (Å²) in [5.41, 5.74) is -4.53. The molecule has 6 nitrogen and oxygen atoms in total. The molecule has 0 saturated carbocycles. The van der Waals surface area contributed by atoms with Gasteiger partial charge in [0.2, 0.25) is 0 Å². The zero-order chi connectivity index (χ0) is 32.9. The van der Waals surface area contributed by atoms with Gasteiger partial charge in [0.1, 0.15) is 0 Å². The molecule has 0 spiro atoms. The van der Waals surface area contributed by atoms with Gasteiger partial charge in [0.05, 0.1) is 0 Å². The van der Waals surface area contributed by atoms with Gasteiger partial charge in [-0.2, -0.15) is 0 Å².